The zero-order chi connectivity index (χ0) is 11.8. The van der Waals surface area contributed by atoms with Crippen LogP contribution in [0.1, 0.15) is 11.1 Å². The van der Waals surface area contributed by atoms with E-state index >= 15 is 0 Å². The Morgan fingerprint density at radius 1 is 1.18 bits per heavy atom. The Morgan fingerprint density at radius 2 is 2.00 bits per heavy atom. The molecule has 84 valence electrons. The molecular weight excluding hydrogens is 234 g/mol. The van der Waals surface area contributed by atoms with E-state index in [-0.39, 0.29) is 0 Å². The highest BCUT2D eigenvalue weighted by Crippen LogP contribution is 2.18. The highest BCUT2D eigenvalue weighted by Gasteiger charge is 2.20. The first-order chi connectivity index (χ1) is 8.24. The lowest BCUT2D eigenvalue weighted by Crippen LogP contribution is -2.33. The minimum atomic E-state index is 0.550. The van der Waals surface area contributed by atoms with Crippen molar-refractivity contribution in [2.75, 3.05) is 0 Å². The van der Waals surface area contributed by atoms with Crippen LogP contribution >= 0.6 is 11.6 Å². The molecular formula is C13H11ClN3+. The van der Waals surface area contributed by atoms with Crippen molar-refractivity contribution in [2.45, 2.75) is 6.54 Å². The first-order valence-electron chi connectivity index (χ1n) is 5.35. The van der Waals surface area contributed by atoms with Gasteiger partial charge in [0.05, 0.1) is 10.6 Å². The van der Waals surface area contributed by atoms with E-state index in [1.165, 1.54) is 0 Å². The monoisotopic (exact) mass is 244 g/mol. The van der Waals surface area contributed by atoms with Gasteiger partial charge in [-0.05, 0) is 17.1 Å². The van der Waals surface area contributed by atoms with Crippen molar-refractivity contribution in [1.82, 2.24) is 0 Å². The van der Waals surface area contributed by atoms with Gasteiger partial charge in [-0.1, -0.05) is 29.8 Å². The molecule has 0 fully saturated rings. The standard InChI is InChI=1S/C13H10ClN3/c14-10-5-6-12-16-13(15)11-4-2-1-3-9(11)7-17(12)8-10/h1-6,8,15H,7H2/p+1. The summed E-state index contributed by atoms with van der Waals surface area (Å²) in [4.78, 5) is 4.42. The summed E-state index contributed by atoms with van der Waals surface area (Å²) >= 11 is 5.99. The molecule has 0 saturated heterocycles. The summed E-state index contributed by atoms with van der Waals surface area (Å²) in [5, 5.41) is 0.696. The predicted molar refractivity (Wildman–Crippen MR) is 67.6 cm³/mol. The van der Waals surface area contributed by atoms with Crippen molar-refractivity contribution in [3.8, 4) is 0 Å². The maximum Gasteiger partial charge on any atom is 0.325 e. The van der Waals surface area contributed by atoms with Gasteiger partial charge in [0.1, 0.15) is 12.7 Å². The molecule has 3 nitrogen and oxygen atoms in total. The molecule has 0 bridgehead atoms. The Kier molecular flexibility index (Phi) is 2.34. The highest BCUT2D eigenvalue weighted by molar-refractivity contribution is 6.30. The predicted octanol–water partition coefficient (Wildman–Crippen LogP) is 2.03. The van der Waals surface area contributed by atoms with E-state index in [9.17, 15) is 0 Å². The topological polar surface area (TPSA) is 42.3 Å². The molecule has 1 aromatic carbocycles. The first-order valence-corrected chi connectivity index (χ1v) is 5.73. The lowest BCUT2D eigenvalue weighted by molar-refractivity contribution is -0.675. The van der Waals surface area contributed by atoms with Gasteiger partial charge in [0, 0.05) is 11.6 Å². The minimum Gasteiger partial charge on any atom is -0.362 e. The molecule has 17 heavy (non-hydrogen) atoms. The number of benzene rings is 1. The molecule has 0 saturated carbocycles. The third kappa shape index (κ3) is 1.78. The van der Waals surface area contributed by atoms with Crippen LogP contribution in [-0.4, -0.2) is 5.84 Å². The number of pyridine rings is 1. The number of amidine groups is 1. The zero-order valence-electron chi connectivity index (χ0n) is 9.10. The summed E-state index contributed by atoms with van der Waals surface area (Å²) in [6.07, 6.45) is 1.87. The molecule has 0 amide bonds. The van der Waals surface area contributed by atoms with Crippen molar-refractivity contribution in [1.29, 1.82) is 0 Å². The summed E-state index contributed by atoms with van der Waals surface area (Å²) in [5.41, 5.74) is 8.15. The molecule has 3 rings (SSSR count). The smallest absolute Gasteiger partial charge is 0.325 e. The largest absolute Gasteiger partial charge is 0.362 e. The maximum absolute atomic E-state index is 6.00. The number of halogens is 1. The number of aliphatic imine (C=N–C) groups is 1. The fourth-order valence-electron chi connectivity index (χ4n) is 2.01. The van der Waals surface area contributed by atoms with E-state index in [4.69, 9.17) is 17.3 Å². The van der Waals surface area contributed by atoms with E-state index < -0.39 is 0 Å². The first kappa shape index (κ1) is 10.3. The summed E-state index contributed by atoms with van der Waals surface area (Å²) < 4.78 is 2.00. The number of hydrogen-bond acceptors (Lipinski definition) is 2. The van der Waals surface area contributed by atoms with Crippen molar-refractivity contribution >= 4 is 23.3 Å². The van der Waals surface area contributed by atoms with Gasteiger partial charge in [-0.25, -0.2) is 4.57 Å². The Bertz CT molecular complexity index is 620. The van der Waals surface area contributed by atoms with Crippen molar-refractivity contribution in [3.05, 3.63) is 58.7 Å². The Balaban J connectivity index is 2.24. The van der Waals surface area contributed by atoms with Gasteiger partial charge >= 0.3 is 5.82 Å². The Hall–Kier alpha value is -1.87. The van der Waals surface area contributed by atoms with Gasteiger partial charge in [0.25, 0.3) is 0 Å². The van der Waals surface area contributed by atoms with Crippen molar-refractivity contribution < 1.29 is 4.57 Å². The Labute approximate surface area is 104 Å². The Morgan fingerprint density at radius 3 is 2.88 bits per heavy atom. The third-order valence-corrected chi connectivity index (χ3v) is 3.06. The third-order valence-electron chi connectivity index (χ3n) is 2.83. The van der Waals surface area contributed by atoms with E-state index in [2.05, 4.69) is 11.1 Å². The van der Waals surface area contributed by atoms with Crippen LogP contribution in [0, 0.1) is 0 Å². The van der Waals surface area contributed by atoms with Gasteiger partial charge in [-0.15, -0.1) is 0 Å². The number of fused-ring (bicyclic) bond motifs is 2. The average Bonchev–Trinajstić information content (AvgIpc) is 2.46. The van der Waals surface area contributed by atoms with Gasteiger partial charge in [0.2, 0.25) is 5.84 Å². The second kappa shape index (κ2) is 3.86. The molecule has 0 spiro atoms. The lowest BCUT2D eigenvalue weighted by Gasteiger charge is -2.03. The van der Waals surface area contributed by atoms with Crippen LogP contribution in [0.3, 0.4) is 0 Å². The fourth-order valence-corrected chi connectivity index (χ4v) is 2.19. The number of aromatic nitrogens is 1. The molecule has 2 aromatic rings. The number of nitrogens with zero attached hydrogens (tertiary/aromatic N) is 2. The van der Waals surface area contributed by atoms with Gasteiger partial charge in [-0.3, -0.25) is 0 Å². The van der Waals surface area contributed by atoms with Crippen LogP contribution in [0.5, 0.6) is 0 Å². The van der Waals surface area contributed by atoms with E-state index in [1.54, 1.807) is 0 Å². The number of nitrogens with two attached hydrogens (primary N) is 1. The average molecular weight is 245 g/mol. The van der Waals surface area contributed by atoms with Crippen LogP contribution in [-0.2, 0) is 6.54 Å². The van der Waals surface area contributed by atoms with Crippen molar-refractivity contribution in [3.63, 3.8) is 0 Å². The molecule has 1 aliphatic heterocycles. The summed E-state index contributed by atoms with van der Waals surface area (Å²) in [5.74, 6) is 1.37. The van der Waals surface area contributed by atoms with E-state index in [1.807, 2.05) is 41.1 Å². The highest BCUT2D eigenvalue weighted by atomic mass is 35.5. The molecule has 0 radical (unpaired) electrons. The number of rotatable bonds is 0. The molecule has 2 N–H and O–H groups in total. The summed E-state index contributed by atoms with van der Waals surface area (Å²) in [6.45, 7) is 0.732. The van der Waals surface area contributed by atoms with Crippen LogP contribution in [0.25, 0.3) is 0 Å². The lowest BCUT2D eigenvalue weighted by atomic mass is 10.1. The molecule has 4 heteroatoms. The molecule has 1 aliphatic rings. The summed E-state index contributed by atoms with van der Waals surface area (Å²) in [6, 6.07) is 11.7. The normalized spacial score (nSPS) is 13.4. The zero-order valence-corrected chi connectivity index (χ0v) is 9.85. The van der Waals surface area contributed by atoms with Gasteiger partial charge < -0.3 is 5.73 Å². The maximum atomic E-state index is 6.00. The van der Waals surface area contributed by atoms with Crippen LogP contribution in [0.2, 0.25) is 5.02 Å². The molecule has 2 heterocycles. The van der Waals surface area contributed by atoms with Gasteiger partial charge in [-0.2, -0.15) is 0 Å². The van der Waals surface area contributed by atoms with Gasteiger partial charge in [0.15, 0.2) is 0 Å². The fraction of sp³-hybridized carbons (Fsp3) is 0.0769. The van der Waals surface area contributed by atoms with E-state index in [0.717, 1.165) is 23.5 Å². The van der Waals surface area contributed by atoms with E-state index in [0.29, 0.717) is 10.9 Å². The molecule has 0 unspecified atom stereocenters. The second-order valence-electron chi connectivity index (χ2n) is 3.99. The number of hydrogen-bond donors (Lipinski definition) is 1. The van der Waals surface area contributed by atoms with Crippen LogP contribution < -0.4 is 10.3 Å². The molecule has 1 aromatic heterocycles. The SMILES string of the molecule is NC1=Nc2ccc(Cl)c[n+]2Cc2ccccc21. The minimum absolute atomic E-state index is 0.550. The quantitative estimate of drug-likeness (QED) is 0.708. The molecule has 0 aliphatic carbocycles. The van der Waals surface area contributed by atoms with Crippen LogP contribution in [0.4, 0.5) is 5.82 Å². The summed E-state index contributed by atoms with van der Waals surface area (Å²) in [7, 11) is 0. The van der Waals surface area contributed by atoms with Crippen LogP contribution in [0.15, 0.2) is 47.6 Å². The molecule has 0 atom stereocenters. The second-order valence-corrected chi connectivity index (χ2v) is 4.42. The van der Waals surface area contributed by atoms with Crippen molar-refractivity contribution in [2.24, 2.45) is 10.7 Å².